The van der Waals surface area contributed by atoms with Gasteiger partial charge in [-0.15, -0.1) is 0 Å². The summed E-state index contributed by atoms with van der Waals surface area (Å²) in [5.41, 5.74) is 1.58. The van der Waals surface area contributed by atoms with Crippen molar-refractivity contribution in [3.8, 4) is 0 Å². The van der Waals surface area contributed by atoms with Gasteiger partial charge < -0.3 is 0 Å². The second-order valence-electron chi connectivity index (χ2n) is 8.76. The molecule has 0 N–H and O–H groups in total. The average Bonchev–Trinajstić information content (AvgIpc) is 2.43. The minimum atomic E-state index is -2.11. The summed E-state index contributed by atoms with van der Waals surface area (Å²) in [6, 6.07) is 0. The van der Waals surface area contributed by atoms with Crippen molar-refractivity contribution in [2.24, 2.45) is 0 Å². The van der Waals surface area contributed by atoms with Crippen LogP contribution in [0.15, 0.2) is 11.6 Å². The summed E-state index contributed by atoms with van der Waals surface area (Å²) in [5, 5.41) is 0. The van der Waals surface area contributed by atoms with Crippen LogP contribution in [0, 0.1) is 0 Å². The van der Waals surface area contributed by atoms with E-state index < -0.39 is 26.5 Å². The van der Waals surface area contributed by atoms with E-state index in [1.807, 2.05) is 0 Å². The van der Waals surface area contributed by atoms with Crippen molar-refractivity contribution < 1.29 is 0 Å². The van der Waals surface area contributed by atoms with E-state index in [1.165, 1.54) is 38.5 Å². The maximum absolute atomic E-state index is 2.77. The Morgan fingerprint density at radius 3 is 1.41 bits per heavy atom. The van der Waals surface area contributed by atoms with E-state index in [4.69, 9.17) is 0 Å². The molecule has 0 aliphatic heterocycles. The summed E-state index contributed by atoms with van der Waals surface area (Å²) in [7, 11) is -1.12. The third kappa shape index (κ3) is 8.03. The molecule has 0 aliphatic carbocycles. The summed E-state index contributed by atoms with van der Waals surface area (Å²) in [5.74, 6) is 0. The van der Waals surface area contributed by atoms with E-state index in [2.05, 4.69) is 60.3 Å². The van der Waals surface area contributed by atoms with Crippen molar-refractivity contribution in [1.82, 2.24) is 0 Å². The zero-order chi connectivity index (χ0) is 17.2. The number of unbranched alkanes of at least 4 members (excludes halogenated alkanes) is 3. The Bertz CT molecular complexity index is 288. The SMILES string of the molecule is CCC[CH2][Sn]([CH2]CCC)([CH2]CCC)[CH](C=C(C)C)[Si](C)(C)C. The van der Waals surface area contributed by atoms with Gasteiger partial charge in [-0.25, -0.2) is 0 Å². The molecule has 0 aromatic heterocycles. The molecule has 0 aromatic carbocycles. The first-order valence-corrected chi connectivity index (χ1v) is 21.2. The first kappa shape index (κ1) is 22.8. The quantitative estimate of drug-likeness (QED) is 0.217. The molecule has 0 saturated carbocycles. The number of rotatable bonds is 12. The monoisotopic (exact) mass is 432 g/mol. The second-order valence-corrected chi connectivity index (χ2v) is 29.6. The molecule has 0 heterocycles. The topological polar surface area (TPSA) is 0 Å². The third-order valence-electron chi connectivity index (χ3n) is 5.18. The molecule has 1 unspecified atom stereocenters. The van der Waals surface area contributed by atoms with Gasteiger partial charge >= 0.3 is 148 Å². The van der Waals surface area contributed by atoms with Crippen LogP contribution in [-0.4, -0.2) is 26.5 Å². The van der Waals surface area contributed by atoms with Crippen LogP contribution in [0.4, 0.5) is 0 Å². The molecule has 0 spiro atoms. The third-order valence-corrected chi connectivity index (χ3v) is 34.5. The molecule has 2 heteroatoms. The van der Waals surface area contributed by atoms with Crippen LogP contribution < -0.4 is 0 Å². The van der Waals surface area contributed by atoms with Crippen LogP contribution in [-0.2, 0) is 0 Å². The Hall–Kier alpha value is 0.756. The molecule has 0 bridgehead atoms. The van der Waals surface area contributed by atoms with Crippen LogP contribution >= 0.6 is 0 Å². The van der Waals surface area contributed by atoms with Crippen molar-refractivity contribution in [1.29, 1.82) is 0 Å². The molecule has 0 radical (unpaired) electrons. The molecular formula is C20H44SiSn. The predicted molar refractivity (Wildman–Crippen MR) is 111 cm³/mol. The Morgan fingerprint density at radius 2 is 1.18 bits per heavy atom. The Labute approximate surface area is 147 Å². The molecular weight excluding hydrogens is 387 g/mol. The predicted octanol–water partition coefficient (Wildman–Crippen LogP) is 8.05. The van der Waals surface area contributed by atoms with Gasteiger partial charge in [-0.3, -0.25) is 0 Å². The average molecular weight is 431 g/mol. The van der Waals surface area contributed by atoms with E-state index in [1.54, 1.807) is 18.9 Å². The molecule has 0 nitrogen and oxygen atoms in total. The van der Waals surface area contributed by atoms with Gasteiger partial charge in [0.1, 0.15) is 0 Å². The van der Waals surface area contributed by atoms with E-state index in [-0.39, 0.29) is 0 Å². The first-order valence-electron chi connectivity index (χ1n) is 9.88. The molecule has 1 atom stereocenters. The van der Waals surface area contributed by atoms with Crippen LogP contribution in [0.3, 0.4) is 0 Å². The standard InChI is InChI=1S/C8H17Si.3C4H9.Sn/c1-8(2)6-7-9(3,4)5;3*1-3-4-2;/h6-7H,1-5H3;3*1,3-4H2,2H3;. The fourth-order valence-corrected chi connectivity index (χ4v) is 41.2. The van der Waals surface area contributed by atoms with Crippen molar-refractivity contribution >= 4 is 26.5 Å². The van der Waals surface area contributed by atoms with Crippen LogP contribution in [0.2, 0.25) is 36.5 Å². The molecule has 0 aliphatic rings. The summed E-state index contributed by atoms with van der Waals surface area (Å²) in [6.07, 6.45) is 11.4. The fourth-order valence-electron chi connectivity index (χ4n) is 4.11. The van der Waals surface area contributed by atoms with E-state index >= 15 is 0 Å². The normalized spacial score (nSPS) is 14.0. The van der Waals surface area contributed by atoms with Crippen molar-refractivity contribution in [3.05, 3.63) is 11.6 Å². The minimum absolute atomic E-state index is 1.05. The summed E-state index contributed by atoms with van der Waals surface area (Å²) in [6.45, 7) is 19.8. The summed E-state index contributed by atoms with van der Waals surface area (Å²) in [4.78, 5) is 0. The maximum atomic E-state index is 2.77. The molecule has 0 saturated heterocycles. The van der Waals surface area contributed by atoms with Crippen molar-refractivity contribution in [3.63, 3.8) is 0 Å². The zero-order valence-corrected chi connectivity index (χ0v) is 20.9. The number of allylic oxidation sites excluding steroid dienone is 2. The molecule has 0 fully saturated rings. The van der Waals surface area contributed by atoms with Gasteiger partial charge in [0.15, 0.2) is 0 Å². The van der Waals surface area contributed by atoms with Gasteiger partial charge in [0.2, 0.25) is 0 Å². The Morgan fingerprint density at radius 1 is 0.818 bits per heavy atom. The van der Waals surface area contributed by atoms with Gasteiger partial charge in [0.05, 0.1) is 0 Å². The van der Waals surface area contributed by atoms with Gasteiger partial charge in [-0.2, -0.15) is 0 Å². The summed E-state index contributed by atoms with van der Waals surface area (Å²) < 4.78 is 6.02. The van der Waals surface area contributed by atoms with E-state index in [0.717, 1.165) is 3.56 Å². The van der Waals surface area contributed by atoms with Crippen LogP contribution in [0.25, 0.3) is 0 Å². The van der Waals surface area contributed by atoms with Crippen LogP contribution in [0.1, 0.15) is 73.1 Å². The number of hydrogen-bond donors (Lipinski definition) is 0. The molecule has 0 aromatic rings. The van der Waals surface area contributed by atoms with Gasteiger partial charge in [-0.1, -0.05) is 0 Å². The van der Waals surface area contributed by atoms with E-state index in [0.29, 0.717) is 0 Å². The molecule has 22 heavy (non-hydrogen) atoms. The van der Waals surface area contributed by atoms with Gasteiger partial charge in [0.25, 0.3) is 0 Å². The van der Waals surface area contributed by atoms with E-state index in [9.17, 15) is 0 Å². The molecule has 0 amide bonds. The summed E-state index contributed by atoms with van der Waals surface area (Å²) >= 11 is -2.11. The second kappa shape index (κ2) is 11.3. The van der Waals surface area contributed by atoms with Gasteiger partial charge in [0, 0.05) is 0 Å². The van der Waals surface area contributed by atoms with Crippen LogP contribution in [0.5, 0.6) is 0 Å². The Kier molecular flexibility index (Phi) is 11.7. The Balaban J connectivity index is 5.70. The van der Waals surface area contributed by atoms with Crippen molar-refractivity contribution in [2.75, 3.05) is 0 Å². The van der Waals surface area contributed by atoms with Gasteiger partial charge in [-0.05, 0) is 0 Å². The number of hydrogen-bond acceptors (Lipinski definition) is 0. The molecule has 132 valence electrons. The fraction of sp³-hybridized carbons (Fsp3) is 0.900. The zero-order valence-electron chi connectivity index (χ0n) is 17.0. The molecule has 0 rings (SSSR count). The van der Waals surface area contributed by atoms with Crippen molar-refractivity contribution in [2.45, 2.75) is 110 Å². The first-order chi connectivity index (χ1) is 10.2.